The molecule has 2 aromatic rings. The van der Waals surface area contributed by atoms with E-state index in [1.54, 1.807) is 6.26 Å². The van der Waals surface area contributed by atoms with Crippen LogP contribution < -0.4 is 0 Å². The first-order valence-electron chi connectivity index (χ1n) is 6.59. The van der Waals surface area contributed by atoms with Crippen LogP contribution >= 0.6 is 0 Å². The Balaban J connectivity index is 1.61. The third kappa shape index (κ3) is 4.38. The van der Waals surface area contributed by atoms with Crippen LogP contribution in [-0.4, -0.2) is 11.2 Å². The molecule has 1 heterocycles. The smallest absolute Gasteiger partial charge is 0.103 e. The van der Waals surface area contributed by atoms with Crippen molar-refractivity contribution in [2.24, 2.45) is 0 Å². The Kier molecular flexibility index (Phi) is 5.03. The van der Waals surface area contributed by atoms with E-state index in [4.69, 9.17) is 4.42 Å². The molecular weight excluding hydrogens is 224 g/mol. The fourth-order valence-electron chi connectivity index (χ4n) is 2.09. The van der Waals surface area contributed by atoms with Gasteiger partial charge in [-0.3, -0.25) is 0 Å². The molecule has 0 aliphatic carbocycles. The van der Waals surface area contributed by atoms with E-state index in [2.05, 4.69) is 24.3 Å². The minimum atomic E-state index is -0.223. The lowest BCUT2D eigenvalue weighted by Crippen LogP contribution is -2.08. The van der Waals surface area contributed by atoms with Crippen LogP contribution in [0.4, 0.5) is 0 Å². The van der Waals surface area contributed by atoms with Gasteiger partial charge in [0.15, 0.2) is 0 Å². The molecule has 1 aromatic heterocycles. The molecule has 2 nitrogen and oxygen atoms in total. The van der Waals surface area contributed by atoms with Crippen LogP contribution in [0.3, 0.4) is 0 Å². The number of aryl methyl sites for hydroxylation is 2. The molecule has 0 amide bonds. The molecule has 2 heteroatoms. The summed E-state index contributed by atoms with van der Waals surface area (Å²) in [6, 6.07) is 14.3. The minimum absolute atomic E-state index is 0.223. The number of aliphatic hydroxyl groups is 1. The fraction of sp³-hybridized carbons (Fsp3) is 0.375. The first kappa shape index (κ1) is 12.9. The lowest BCUT2D eigenvalue weighted by molar-refractivity contribution is 0.150. The predicted octanol–water partition coefficient (Wildman–Crippen LogP) is 3.60. The highest BCUT2D eigenvalue weighted by atomic mass is 16.3. The van der Waals surface area contributed by atoms with E-state index in [1.807, 2.05) is 18.2 Å². The summed E-state index contributed by atoms with van der Waals surface area (Å²) in [5, 5.41) is 9.88. The maximum Gasteiger partial charge on any atom is 0.103 e. The van der Waals surface area contributed by atoms with Crippen molar-refractivity contribution in [3.63, 3.8) is 0 Å². The van der Waals surface area contributed by atoms with E-state index in [9.17, 15) is 5.11 Å². The van der Waals surface area contributed by atoms with Crippen LogP contribution in [0.2, 0.25) is 0 Å². The molecule has 0 aliphatic rings. The summed E-state index contributed by atoms with van der Waals surface area (Å²) in [5.74, 6) is 0.956. The molecule has 0 saturated heterocycles. The topological polar surface area (TPSA) is 33.4 Å². The van der Waals surface area contributed by atoms with Gasteiger partial charge in [0.2, 0.25) is 0 Å². The monoisotopic (exact) mass is 244 g/mol. The van der Waals surface area contributed by atoms with Crippen LogP contribution in [0.15, 0.2) is 53.1 Å². The molecule has 0 aliphatic heterocycles. The first-order chi connectivity index (χ1) is 8.84. The van der Waals surface area contributed by atoms with E-state index in [-0.39, 0.29) is 6.10 Å². The van der Waals surface area contributed by atoms with Crippen molar-refractivity contribution in [3.05, 3.63) is 60.1 Å². The summed E-state index contributed by atoms with van der Waals surface area (Å²) in [4.78, 5) is 0. The Hall–Kier alpha value is -1.54. The van der Waals surface area contributed by atoms with Gasteiger partial charge in [-0.15, -0.1) is 0 Å². The highest BCUT2D eigenvalue weighted by Gasteiger charge is 2.06. The Morgan fingerprint density at radius 2 is 1.78 bits per heavy atom. The number of aliphatic hydroxyl groups excluding tert-OH is 1. The number of hydrogen-bond donors (Lipinski definition) is 1. The standard InChI is InChI=1S/C16H20O2/c17-15(11-12-16-10-5-13-18-16)9-4-8-14-6-2-1-3-7-14/h1-3,5-7,10,13,15,17H,4,8-9,11-12H2. The van der Waals surface area contributed by atoms with Crippen molar-refractivity contribution in [3.8, 4) is 0 Å². The summed E-state index contributed by atoms with van der Waals surface area (Å²) < 4.78 is 5.25. The highest BCUT2D eigenvalue weighted by molar-refractivity contribution is 5.14. The maximum absolute atomic E-state index is 9.88. The number of rotatable bonds is 7. The second-order valence-electron chi connectivity index (χ2n) is 4.65. The first-order valence-corrected chi connectivity index (χ1v) is 6.59. The van der Waals surface area contributed by atoms with E-state index in [0.717, 1.165) is 37.9 Å². The molecule has 0 spiro atoms. The quantitative estimate of drug-likeness (QED) is 0.807. The van der Waals surface area contributed by atoms with Gasteiger partial charge in [-0.2, -0.15) is 0 Å². The van der Waals surface area contributed by atoms with Crippen LogP contribution in [-0.2, 0) is 12.8 Å². The van der Waals surface area contributed by atoms with E-state index in [1.165, 1.54) is 5.56 Å². The van der Waals surface area contributed by atoms with Crippen LogP contribution in [0.25, 0.3) is 0 Å². The van der Waals surface area contributed by atoms with E-state index < -0.39 is 0 Å². The van der Waals surface area contributed by atoms with Gasteiger partial charge in [0.05, 0.1) is 12.4 Å². The molecule has 0 bridgehead atoms. The van der Waals surface area contributed by atoms with Gasteiger partial charge in [-0.05, 0) is 43.4 Å². The molecule has 18 heavy (non-hydrogen) atoms. The second kappa shape index (κ2) is 7.02. The molecule has 1 aromatic carbocycles. The fourth-order valence-corrected chi connectivity index (χ4v) is 2.09. The number of hydrogen-bond acceptors (Lipinski definition) is 2. The van der Waals surface area contributed by atoms with Crippen molar-refractivity contribution in [1.29, 1.82) is 0 Å². The zero-order chi connectivity index (χ0) is 12.6. The SMILES string of the molecule is OC(CCCc1ccccc1)CCc1ccco1. The molecule has 1 unspecified atom stereocenters. The lowest BCUT2D eigenvalue weighted by atomic mass is 10.0. The Morgan fingerprint density at radius 1 is 0.944 bits per heavy atom. The normalized spacial score (nSPS) is 12.5. The summed E-state index contributed by atoms with van der Waals surface area (Å²) in [5.41, 5.74) is 1.34. The number of benzene rings is 1. The van der Waals surface area contributed by atoms with E-state index >= 15 is 0 Å². The van der Waals surface area contributed by atoms with Gasteiger partial charge in [-0.25, -0.2) is 0 Å². The van der Waals surface area contributed by atoms with Gasteiger partial charge in [-0.1, -0.05) is 30.3 Å². The van der Waals surface area contributed by atoms with Crippen molar-refractivity contribution < 1.29 is 9.52 Å². The summed E-state index contributed by atoms with van der Waals surface area (Å²) in [6.45, 7) is 0. The van der Waals surface area contributed by atoms with Crippen LogP contribution in [0.5, 0.6) is 0 Å². The molecule has 0 fully saturated rings. The molecule has 1 atom stereocenters. The zero-order valence-electron chi connectivity index (χ0n) is 10.6. The van der Waals surface area contributed by atoms with Crippen molar-refractivity contribution in [2.45, 2.75) is 38.2 Å². The summed E-state index contributed by atoms with van der Waals surface area (Å²) >= 11 is 0. The molecule has 1 N–H and O–H groups in total. The zero-order valence-corrected chi connectivity index (χ0v) is 10.6. The number of furan rings is 1. The van der Waals surface area contributed by atoms with Gasteiger partial charge in [0, 0.05) is 6.42 Å². The average Bonchev–Trinajstić information content (AvgIpc) is 2.91. The van der Waals surface area contributed by atoms with Crippen LogP contribution in [0, 0.1) is 0 Å². The highest BCUT2D eigenvalue weighted by Crippen LogP contribution is 2.11. The van der Waals surface area contributed by atoms with Crippen LogP contribution in [0.1, 0.15) is 30.6 Å². The third-order valence-electron chi connectivity index (χ3n) is 3.15. The van der Waals surface area contributed by atoms with Crippen molar-refractivity contribution in [1.82, 2.24) is 0 Å². The Bertz CT molecular complexity index is 420. The van der Waals surface area contributed by atoms with Gasteiger partial charge >= 0.3 is 0 Å². The lowest BCUT2D eigenvalue weighted by Gasteiger charge is -2.09. The molecule has 2 rings (SSSR count). The summed E-state index contributed by atoms with van der Waals surface area (Å²) in [7, 11) is 0. The summed E-state index contributed by atoms with van der Waals surface area (Å²) in [6.07, 6.45) is 5.98. The van der Waals surface area contributed by atoms with Gasteiger partial charge in [0.25, 0.3) is 0 Å². The second-order valence-corrected chi connectivity index (χ2v) is 4.65. The largest absolute Gasteiger partial charge is 0.469 e. The Morgan fingerprint density at radius 3 is 2.50 bits per heavy atom. The van der Waals surface area contributed by atoms with E-state index in [0.29, 0.717) is 0 Å². The Labute approximate surface area is 108 Å². The molecule has 96 valence electrons. The van der Waals surface area contributed by atoms with Crippen molar-refractivity contribution >= 4 is 0 Å². The molecule has 0 saturated carbocycles. The average molecular weight is 244 g/mol. The van der Waals surface area contributed by atoms with Crippen molar-refractivity contribution in [2.75, 3.05) is 0 Å². The molecule has 0 radical (unpaired) electrons. The predicted molar refractivity (Wildman–Crippen MR) is 72.4 cm³/mol. The van der Waals surface area contributed by atoms with Gasteiger partial charge in [0.1, 0.15) is 5.76 Å². The minimum Gasteiger partial charge on any atom is -0.469 e. The maximum atomic E-state index is 9.88. The molecular formula is C16H20O2. The van der Waals surface area contributed by atoms with Gasteiger partial charge < -0.3 is 9.52 Å². The third-order valence-corrected chi connectivity index (χ3v) is 3.15.